The summed E-state index contributed by atoms with van der Waals surface area (Å²) in [5.74, 6) is 0.494. The van der Waals surface area contributed by atoms with Crippen molar-refractivity contribution >= 4 is 39.8 Å². The molecule has 0 bridgehead atoms. The number of carbonyl (C=O) groups excluding carboxylic acids is 1. The molecule has 1 aliphatic rings. The molecule has 4 heterocycles. The van der Waals surface area contributed by atoms with E-state index < -0.39 is 17.2 Å². The Labute approximate surface area is 179 Å². The molecule has 0 aromatic carbocycles. The normalized spacial score (nSPS) is 15.2. The smallest absolute Gasteiger partial charge is 0.385 e. The summed E-state index contributed by atoms with van der Waals surface area (Å²) in [5, 5.41) is 5.94. The Balaban J connectivity index is 1.68. The number of nitrogens with zero attached hydrogens (tertiary/aromatic N) is 5. The van der Waals surface area contributed by atoms with Crippen LogP contribution in [-0.2, 0) is 16.4 Å². The molecule has 0 aliphatic carbocycles. The van der Waals surface area contributed by atoms with E-state index in [0.717, 1.165) is 29.4 Å². The maximum Gasteiger partial charge on any atom is 0.417 e. The number of carbonyl (C=O) groups is 1. The number of hydrogen-bond donors (Lipinski definition) is 2. The molecule has 12 heteroatoms. The molecule has 3 aromatic heterocycles. The summed E-state index contributed by atoms with van der Waals surface area (Å²) in [7, 11) is 3.20. The van der Waals surface area contributed by atoms with Crippen LogP contribution < -0.4 is 15.5 Å². The lowest BCUT2D eigenvalue weighted by Crippen LogP contribution is -2.33. The van der Waals surface area contributed by atoms with Crippen molar-refractivity contribution < 1.29 is 18.0 Å². The molecule has 4 rings (SSSR count). The van der Waals surface area contributed by atoms with Gasteiger partial charge in [0, 0.05) is 49.1 Å². The van der Waals surface area contributed by atoms with Crippen molar-refractivity contribution in [3.63, 3.8) is 0 Å². The van der Waals surface area contributed by atoms with Gasteiger partial charge in [0.2, 0.25) is 11.0 Å². The lowest BCUT2D eigenvalue weighted by Gasteiger charge is -2.18. The Kier molecular flexibility index (Phi) is 4.84. The number of likely N-dealkylation sites (N-methyl/N-ethyl adjacent to an activating group) is 1. The summed E-state index contributed by atoms with van der Waals surface area (Å²) >= 11 is 1.03. The highest BCUT2D eigenvalue weighted by molar-refractivity contribution is 7.10. The Bertz CT molecular complexity index is 1180. The first-order chi connectivity index (χ1) is 14.5. The molecule has 0 fully saturated rings. The van der Waals surface area contributed by atoms with Gasteiger partial charge in [-0.05, 0) is 19.9 Å². The number of halogens is 3. The van der Waals surface area contributed by atoms with Crippen molar-refractivity contribution in [1.29, 1.82) is 0 Å². The van der Waals surface area contributed by atoms with E-state index in [4.69, 9.17) is 0 Å². The number of fused-ring (bicyclic) bond motifs is 1. The first-order valence-electron chi connectivity index (χ1n) is 9.16. The van der Waals surface area contributed by atoms with Crippen LogP contribution in [0.2, 0.25) is 0 Å². The summed E-state index contributed by atoms with van der Waals surface area (Å²) in [5.41, 5.74) is 0.639. The minimum absolute atomic E-state index is 0.0575. The van der Waals surface area contributed by atoms with Crippen molar-refractivity contribution in [2.45, 2.75) is 25.4 Å². The number of pyridine rings is 2. The average molecular weight is 449 g/mol. The van der Waals surface area contributed by atoms with Gasteiger partial charge in [-0.3, -0.25) is 9.78 Å². The van der Waals surface area contributed by atoms with E-state index in [2.05, 4.69) is 30.0 Å². The molecule has 0 radical (unpaired) electrons. The van der Waals surface area contributed by atoms with Crippen LogP contribution in [0.4, 0.5) is 35.5 Å². The van der Waals surface area contributed by atoms with Crippen LogP contribution in [0.1, 0.15) is 25.0 Å². The van der Waals surface area contributed by atoms with E-state index in [1.165, 1.54) is 7.05 Å². The standard InChI is InChI=1S/C19H18F3N7OS/c1-18(2)13-10(7-24-8-12(13)29(4)16(18)30)14-26-17(31-28-14)27-15-11(23-3)5-9(6-25-15)19(20,21)22/h5-8,23H,1-4H3,(H,25,26,27,28). The zero-order valence-electron chi connectivity index (χ0n) is 17.0. The lowest BCUT2D eigenvalue weighted by atomic mass is 9.84. The zero-order valence-corrected chi connectivity index (χ0v) is 17.8. The Morgan fingerprint density at radius 1 is 1.19 bits per heavy atom. The number of nitrogens with one attached hydrogen (secondary N) is 2. The highest BCUT2D eigenvalue weighted by Gasteiger charge is 2.44. The quantitative estimate of drug-likeness (QED) is 0.620. The third kappa shape index (κ3) is 3.46. The highest BCUT2D eigenvalue weighted by atomic mass is 32.1. The summed E-state index contributed by atoms with van der Waals surface area (Å²) in [6.07, 6.45) is -0.509. The van der Waals surface area contributed by atoms with Crippen LogP contribution in [0, 0.1) is 0 Å². The van der Waals surface area contributed by atoms with Crippen LogP contribution >= 0.6 is 11.5 Å². The molecule has 1 aliphatic heterocycles. The number of anilines is 4. The third-order valence-electron chi connectivity index (χ3n) is 5.13. The highest BCUT2D eigenvalue weighted by Crippen LogP contribution is 2.45. The fraction of sp³-hybridized carbons (Fsp3) is 0.316. The third-order valence-corrected chi connectivity index (χ3v) is 5.76. The van der Waals surface area contributed by atoms with E-state index in [1.807, 2.05) is 13.8 Å². The van der Waals surface area contributed by atoms with Gasteiger partial charge in [-0.25, -0.2) is 4.98 Å². The first kappa shape index (κ1) is 21.0. The molecule has 0 saturated heterocycles. The topological polar surface area (TPSA) is 95.9 Å². The van der Waals surface area contributed by atoms with Gasteiger partial charge in [-0.15, -0.1) is 0 Å². The van der Waals surface area contributed by atoms with Gasteiger partial charge >= 0.3 is 6.18 Å². The fourth-order valence-corrected chi connectivity index (χ4v) is 4.14. The van der Waals surface area contributed by atoms with Gasteiger partial charge in [0.25, 0.3) is 0 Å². The maximum atomic E-state index is 12.9. The van der Waals surface area contributed by atoms with Gasteiger partial charge in [0.1, 0.15) is 0 Å². The molecule has 3 aromatic rings. The van der Waals surface area contributed by atoms with Gasteiger partial charge < -0.3 is 15.5 Å². The van der Waals surface area contributed by atoms with Crippen molar-refractivity contribution in [2.24, 2.45) is 0 Å². The average Bonchev–Trinajstić information content (AvgIpc) is 3.25. The monoisotopic (exact) mass is 449 g/mol. The summed E-state index contributed by atoms with van der Waals surface area (Å²) < 4.78 is 43.2. The SMILES string of the molecule is CNc1cc(C(F)(F)F)cnc1Nc1nc(-c2cncc3c2C(C)(C)C(=O)N3C)ns1. The second-order valence-corrected chi connectivity index (χ2v) is 8.24. The second-order valence-electron chi connectivity index (χ2n) is 7.49. The number of alkyl halides is 3. The molecule has 2 N–H and O–H groups in total. The molecule has 31 heavy (non-hydrogen) atoms. The van der Waals surface area contributed by atoms with Crippen LogP contribution in [-0.4, -0.2) is 39.3 Å². The second kappa shape index (κ2) is 7.15. The molecule has 8 nitrogen and oxygen atoms in total. The maximum absolute atomic E-state index is 12.9. The fourth-order valence-electron chi connectivity index (χ4n) is 3.56. The summed E-state index contributed by atoms with van der Waals surface area (Å²) in [6, 6.07) is 0.968. The van der Waals surface area contributed by atoms with E-state index >= 15 is 0 Å². The number of aromatic nitrogens is 4. The number of hydrogen-bond acceptors (Lipinski definition) is 8. The Morgan fingerprint density at radius 2 is 1.94 bits per heavy atom. The zero-order chi connectivity index (χ0) is 22.6. The predicted molar refractivity (Wildman–Crippen MR) is 112 cm³/mol. The summed E-state index contributed by atoms with van der Waals surface area (Å²) in [6.45, 7) is 3.66. The number of rotatable bonds is 4. The Morgan fingerprint density at radius 3 is 2.61 bits per heavy atom. The van der Waals surface area contributed by atoms with E-state index in [-0.39, 0.29) is 17.4 Å². The van der Waals surface area contributed by atoms with E-state index in [0.29, 0.717) is 22.2 Å². The molecule has 0 atom stereocenters. The van der Waals surface area contributed by atoms with Gasteiger partial charge in [0.15, 0.2) is 11.6 Å². The molecular weight excluding hydrogens is 431 g/mol. The number of amides is 1. The Hall–Kier alpha value is -3.28. The van der Waals surface area contributed by atoms with Crippen molar-refractivity contribution in [1.82, 2.24) is 19.3 Å². The lowest BCUT2D eigenvalue weighted by molar-refractivity contribution is -0.137. The van der Waals surface area contributed by atoms with Crippen LogP contribution in [0.15, 0.2) is 24.7 Å². The van der Waals surface area contributed by atoms with Gasteiger partial charge in [0.05, 0.1) is 28.6 Å². The van der Waals surface area contributed by atoms with Crippen LogP contribution in [0.25, 0.3) is 11.4 Å². The van der Waals surface area contributed by atoms with Crippen LogP contribution in [0.3, 0.4) is 0 Å². The minimum Gasteiger partial charge on any atom is -0.385 e. The largest absolute Gasteiger partial charge is 0.417 e. The molecule has 0 spiro atoms. The molecule has 0 saturated carbocycles. The molecule has 162 valence electrons. The van der Waals surface area contributed by atoms with Crippen LogP contribution in [0.5, 0.6) is 0 Å². The first-order valence-corrected chi connectivity index (χ1v) is 9.94. The molecule has 0 unspecified atom stereocenters. The minimum atomic E-state index is -4.49. The molecule has 1 amide bonds. The van der Waals surface area contributed by atoms with Gasteiger partial charge in [-0.1, -0.05) is 0 Å². The summed E-state index contributed by atoms with van der Waals surface area (Å²) in [4.78, 5) is 26.7. The van der Waals surface area contributed by atoms with Gasteiger partial charge in [-0.2, -0.15) is 22.5 Å². The van der Waals surface area contributed by atoms with E-state index in [1.54, 1.807) is 24.3 Å². The molecular formula is C19H18F3N7OS. The van der Waals surface area contributed by atoms with Crippen molar-refractivity contribution in [3.8, 4) is 11.4 Å². The predicted octanol–water partition coefficient (Wildman–Crippen LogP) is 4.05. The van der Waals surface area contributed by atoms with Crippen molar-refractivity contribution in [3.05, 3.63) is 35.8 Å². The van der Waals surface area contributed by atoms with E-state index in [9.17, 15) is 18.0 Å². The van der Waals surface area contributed by atoms with Crippen molar-refractivity contribution in [2.75, 3.05) is 29.6 Å².